The number of nitrogens with zero attached hydrogens (tertiary/aromatic N) is 1. The number of carboxylic acid groups (broad SMARTS) is 1. The summed E-state index contributed by atoms with van der Waals surface area (Å²) >= 11 is 0. The summed E-state index contributed by atoms with van der Waals surface area (Å²) in [5.74, 6) is -0.605. The van der Waals surface area contributed by atoms with Crippen LogP contribution in [0.5, 0.6) is 0 Å². The Labute approximate surface area is 115 Å². The van der Waals surface area contributed by atoms with Gasteiger partial charge in [-0.3, -0.25) is 4.79 Å². The van der Waals surface area contributed by atoms with Crippen molar-refractivity contribution in [2.75, 3.05) is 25.4 Å². The predicted molar refractivity (Wildman–Crippen MR) is 74.9 cm³/mol. The van der Waals surface area contributed by atoms with Crippen LogP contribution >= 0.6 is 0 Å². The summed E-state index contributed by atoms with van der Waals surface area (Å²) in [6.07, 6.45) is 0.599. The van der Waals surface area contributed by atoms with Gasteiger partial charge in [0.15, 0.2) is 9.84 Å². The van der Waals surface area contributed by atoms with Gasteiger partial charge in [0.05, 0.1) is 16.4 Å². The molecule has 0 aromatic heterocycles. The van der Waals surface area contributed by atoms with Gasteiger partial charge in [0.2, 0.25) is 0 Å². The monoisotopic (exact) mass is 291 g/mol. The summed E-state index contributed by atoms with van der Waals surface area (Å²) in [4.78, 5) is 13.4. The highest BCUT2D eigenvalue weighted by molar-refractivity contribution is 7.92. The third kappa shape index (κ3) is 3.48. The van der Waals surface area contributed by atoms with E-state index >= 15 is 0 Å². The highest BCUT2D eigenvalue weighted by atomic mass is 32.2. The molecule has 0 aromatic carbocycles. The lowest BCUT2D eigenvalue weighted by molar-refractivity contribution is -0.150. The Morgan fingerprint density at radius 1 is 1.32 bits per heavy atom. The number of rotatable bonds is 6. The van der Waals surface area contributed by atoms with E-state index in [4.69, 9.17) is 0 Å². The molecule has 1 rings (SSSR count). The molecule has 1 atom stereocenters. The average Bonchev–Trinajstić information content (AvgIpc) is 2.71. The quantitative estimate of drug-likeness (QED) is 0.797. The molecule has 5 nitrogen and oxygen atoms in total. The van der Waals surface area contributed by atoms with Gasteiger partial charge in [0.25, 0.3) is 0 Å². The number of carboxylic acids is 1. The second-order valence-corrected chi connectivity index (χ2v) is 8.73. The van der Waals surface area contributed by atoms with Crippen molar-refractivity contribution in [1.82, 2.24) is 4.90 Å². The van der Waals surface area contributed by atoms with Gasteiger partial charge in [0.1, 0.15) is 0 Å². The Balaban J connectivity index is 2.65. The highest BCUT2D eigenvalue weighted by Crippen LogP contribution is 2.38. The van der Waals surface area contributed by atoms with E-state index in [1.165, 1.54) is 0 Å². The van der Waals surface area contributed by atoms with Crippen molar-refractivity contribution in [3.8, 4) is 0 Å². The van der Waals surface area contributed by atoms with Gasteiger partial charge in [0, 0.05) is 13.1 Å². The topological polar surface area (TPSA) is 74.7 Å². The average molecular weight is 291 g/mol. The van der Waals surface area contributed by atoms with Crippen LogP contribution in [0.25, 0.3) is 0 Å². The maximum atomic E-state index is 11.8. The molecule has 1 saturated heterocycles. The molecular weight excluding hydrogens is 266 g/mol. The summed E-state index contributed by atoms with van der Waals surface area (Å²) < 4.78 is 23.5. The van der Waals surface area contributed by atoms with Gasteiger partial charge in [-0.05, 0) is 32.7 Å². The van der Waals surface area contributed by atoms with Crippen LogP contribution in [0.15, 0.2) is 0 Å². The number of likely N-dealkylation sites (tertiary alicyclic amines) is 1. The first-order valence-electron chi connectivity index (χ1n) is 6.79. The smallest absolute Gasteiger partial charge is 0.311 e. The largest absolute Gasteiger partial charge is 0.481 e. The molecule has 0 aliphatic carbocycles. The minimum atomic E-state index is -3.05. The fourth-order valence-corrected chi connectivity index (χ4v) is 3.47. The maximum absolute atomic E-state index is 11.8. The van der Waals surface area contributed by atoms with Gasteiger partial charge >= 0.3 is 5.97 Å². The SMILES string of the molecule is CC(C)C1(C(=O)O)CCN(CCS(=O)(=O)C(C)C)C1. The van der Waals surface area contributed by atoms with Gasteiger partial charge in [-0.1, -0.05) is 13.8 Å². The van der Waals surface area contributed by atoms with Gasteiger partial charge < -0.3 is 10.0 Å². The molecule has 1 unspecified atom stereocenters. The molecule has 1 fully saturated rings. The molecule has 0 aromatic rings. The minimum absolute atomic E-state index is 0.0525. The van der Waals surface area contributed by atoms with Crippen molar-refractivity contribution >= 4 is 15.8 Å². The molecule has 1 N–H and O–H groups in total. The van der Waals surface area contributed by atoms with Crippen LogP contribution in [0.3, 0.4) is 0 Å². The van der Waals surface area contributed by atoms with Crippen LogP contribution in [-0.2, 0) is 14.6 Å². The van der Waals surface area contributed by atoms with Crippen LogP contribution in [0, 0.1) is 11.3 Å². The van der Waals surface area contributed by atoms with Gasteiger partial charge in [-0.15, -0.1) is 0 Å². The number of carbonyl (C=O) groups is 1. The van der Waals surface area contributed by atoms with Gasteiger partial charge in [-0.2, -0.15) is 0 Å². The summed E-state index contributed by atoms with van der Waals surface area (Å²) in [7, 11) is -3.05. The van der Waals surface area contributed by atoms with Crippen molar-refractivity contribution < 1.29 is 18.3 Å². The molecule has 0 saturated carbocycles. The van der Waals surface area contributed by atoms with Gasteiger partial charge in [-0.25, -0.2) is 8.42 Å². The Bertz CT molecular complexity index is 430. The molecule has 0 spiro atoms. The second kappa shape index (κ2) is 5.79. The standard InChI is InChI=1S/C13H25NO4S/c1-10(2)13(12(15)16)5-6-14(9-13)7-8-19(17,18)11(3)4/h10-11H,5-9H2,1-4H3,(H,15,16). The van der Waals surface area contributed by atoms with Crippen LogP contribution < -0.4 is 0 Å². The Morgan fingerprint density at radius 3 is 2.26 bits per heavy atom. The number of sulfone groups is 1. The lowest BCUT2D eigenvalue weighted by Crippen LogP contribution is -2.40. The van der Waals surface area contributed by atoms with E-state index < -0.39 is 21.2 Å². The van der Waals surface area contributed by atoms with Crippen LogP contribution in [0.4, 0.5) is 0 Å². The molecule has 6 heteroatoms. The first-order valence-corrected chi connectivity index (χ1v) is 8.50. The van der Waals surface area contributed by atoms with E-state index in [1.807, 2.05) is 18.7 Å². The second-order valence-electron chi connectivity index (χ2n) is 6.06. The lowest BCUT2D eigenvalue weighted by Gasteiger charge is -2.28. The van der Waals surface area contributed by atoms with E-state index in [2.05, 4.69) is 0 Å². The molecule has 1 heterocycles. The Morgan fingerprint density at radius 2 is 1.89 bits per heavy atom. The van der Waals surface area contributed by atoms with Crippen molar-refractivity contribution in [3.05, 3.63) is 0 Å². The zero-order valence-electron chi connectivity index (χ0n) is 12.2. The summed E-state index contributed by atoms with van der Waals surface area (Å²) in [5.41, 5.74) is -0.721. The molecule has 112 valence electrons. The predicted octanol–water partition coefficient (Wildman–Crippen LogP) is 1.24. The van der Waals surface area contributed by atoms with E-state index in [9.17, 15) is 18.3 Å². The molecule has 0 radical (unpaired) electrons. The Kier molecular flexibility index (Phi) is 5.01. The number of hydrogen-bond donors (Lipinski definition) is 1. The first kappa shape index (κ1) is 16.4. The fourth-order valence-electron chi connectivity index (χ4n) is 2.49. The summed E-state index contributed by atoms with van der Waals surface area (Å²) in [5, 5.41) is 9.05. The fraction of sp³-hybridized carbons (Fsp3) is 0.923. The van der Waals surface area contributed by atoms with Crippen molar-refractivity contribution in [3.63, 3.8) is 0 Å². The third-order valence-electron chi connectivity index (χ3n) is 4.32. The van der Waals surface area contributed by atoms with Crippen LogP contribution in [-0.4, -0.2) is 55.0 Å². The minimum Gasteiger partial charge on any atom is -0.481 e. The third-order valence-corrected chi connectivity index (χ3v) is 6.51. The zero-order valence-corrected chi connectivity index (χ0v) is 13.0. The molecule has 19 heavy (non-hydrogen) atoms. The number of aliphatic carboxylic acids is 1. The summed E-state index contributed by atoms with van der Waals surface area (Å²) in [6, 6.07) is 0. The summed E-state index contributed by atoms with van der Waals surface area (Å²) in [6.45, 7) is 8.74. The van der Waals surface area contributed by atoms with Crippen molar-refractivity contribution in [2.45, 2.75) is 39.4 Å². The van der Waals surface area contributed by atoms with Crippen molar-refractivity contribution in [1.29, 1.82) is 0 Å². The molecule has 0 amide bonds. The lowest BCUT2D eigenvalue weighted by atomic mass is 9.76. The molecular formula is C13H25NO4S. The van der Waals surface area contributed by atoms with E-state index in [1.54, 1.807) is 13.8 Å². The zero-order chi connectivity index (χ0) is 14.8. The van der Waals surface area contributed by atoms with E-state index in [0.29, 0.717) is 26.1 Å². The van der Waals surface area contributed by atoms with E-state index in [-0.39, 0.29) is 16.9 Å². The first-order chi connectivity index (χ1) is 8.62. The van der Waals surface area contributed by atoms with Crippen LogP contribution in [0.2, 0.25) is 0 Å². The van der Waals surface area contributed by atoms with Crippen LogP contribution in [0.1, 0.15) is 34.1 Å². The normalized spacial score (nSPS) is 25.4. The van der Waals surface area contributed by atoms with Crippen molar-refractivity contribution in [2.24, 2.45) is 11.3 Å². The molecule has 0 bridgehead atoms. The highest BCUT2D eigenvalue weighted by Gasteiger charge is 2.47. The van der Waals surface area contributed by atoms with E-state index in [0.717, 1.165) is 0 Å². The Hall–Kier alpha value is -0.620. The maximum Gasteiger partial charge on any atom is 0.311 e. The molecule has 1 aliphatic rings. The number of hydrogen-bond acceptors (Lipinski definition) is 4. The molecule has 1 aliphatic heterocycles.